The van der Waals surface area contributed by atoms with Crippen LogP contribution in [0.2, 0.25) is 0 Å². The van der Waals surface area contributed by atoms with Gasteiger partial charge in [-0.1, -0.05) is 104 Å². The zero-order chi connectivity index (χ0) is 21.5. The third kappa shape index (κ3) is 4.96. The quantitative estimate of drug-likeness (QED) is 0.229. The summed E-state index contributed by atoms with van der Waals surface area (Å²) in [5, 5.41) is 0. The second-order valence-electron chi connectivity index (χ2n) is 7.34. The number of aliphatic imine (C=N–C) groups is 1. The fraction of sp³-hybridized carbons (Fsp3) is 0.0333. The molecule has 1 nitrogen and oxygen atoms in total. The maximum Gasteiger partial charge on any atom is 0.0704 e. The first kappa shape index (κ1) is 20.3. The molecule has 0 heterocycles. The van der Waals surface area contributed by atoms with Crippen LogP contribution in [-0.2, 0) is 0 Å². The van der Waals surface area contributed by atoms with Crippen LogP contribution in [0.5, 0.6) is 0 Å². The zero-order valence-corrected chi connectivity index (χ0v) is 17.7. The van der Waals surface area contributed by atoms with Crippen molar-refractivity contribution < 1.29 is 0 Å². The van der Waals surface area contributed by atoms with Crippen LogP contribution in [0.25, 0.3) is 33.5 Å². The van der Waals surface area contributed by atoms with Gasteiger partial charge in [0.05, 0.1) is 5.70 Å². The summed E-state index contributed by atoms with van der Waals surface area (Å²) in [7, 11) is 0. The molecule has 150 valence electrons. The third-order valence-electron chi connectivity index (χ3n) is 5.19. The van der Waals surface area contributed by atoms with Gasteiger partial charge in [-0.05, 0) is 58.5 Å². The highest BCUT2D eigenvalue weighted by Crippen LogP contribution is 2.28. The lowest BCUT2D eigenvalue weighted by molar-refractivity contribution is 1.49. The minimum atomic E-state index is 0.899. The molecule has 31 heavy (non-hydrogen) atoms. The molecule has 0 fully saturated rings. The molecule has 0 saturated heterocycles. The maximum absolute atomic E-state index is 4.65. The van der Waals surface area contributed by atoms with Gasteiger partial charge < -0.3 is 0 Å². The normalized spacial score (nSPS) is 11.6. The highest BCUT2D eigenvalue weighted by atomic mass is 14.7. The fourth-order valence-corrected chi connectivity index (χ4v) is 3.60. The molecule has 0 aliphatic carbocycles. The molecule has 1 heteroatoms. The molecule has 0 bridgehead atoms. The highest BCUT2D eigenvalue weighted by Gasteiger charge is 2.06. The van der Waals surface area contributed by atoms with Gasteiger partial charge in [0.15, 0.2) is 0 Å². The number of benzene rings is 4. The summed E-state index contributed by atoms with van der Waals surface area (Å²) in [5.74, 6) is 0. The van der Waals surface area contributed by atoms with Crippen molar-refractivity contribution in [3.63, 3.8) is 0 Å². The Morgan fingerprint density at radius 1 is 0.613 bits per heavy atom. The molecule has 0 aliphatic rings. The van der Waals surface area contributed by atoms with Crippen LogP contribution >= 0.6 is 0 Å². The summed E-state index contributed by atoms with van der Waals surface area (Å²) in [6.45, 7) is 6.28. The molecule has 0 amide bonds. The van der Waals surface area contributed by atoms with Gasteiger partial charge in [-0.25, -0.2) is 0 Å². The van der Waals surface area contributed by atoms with E-state index in [0.29, 0.717) is 0 Å². The van der Waals surface area contributed by atoms with Crippen LogP contribution in [0.4, 0.5) is 0 Å². The van der Waals surface area contributed by atoms with Gasteiger partial charge in [0.1, 0.15) is 0 Å². The van der Waals surface area contributed by atoms with E-state index in [4.69, 9.17) is 0 Å². The Balaban J connectivity index is 1.68. The first-order valence-electron chi connectivity index (χ1n) is 10.5. The largest absolute Gasteiger partial charge is 0.261 e. The molecule has 0 radical (unpaired) electrons. The lowest BCUT2D eigenvalue weighted by Gasteiger charge is -2.09. The summed E-state index contributed by atoms with van der Waals surface area (Å²) < 4.78 is 0. The summed E-state index contributed by atoms with van der Waals surface area (Å²) in [6.07, 6.45) is 3.89. The molecular weight excluding hydrogens is 374 g/mol. The van der Waals surface area contributed by atoms with E-state index >= 15 is 0 Å². The SMILES string of the molecule is C=C(C=C(N=CC)c1cccc(-c2ccccc2)c1)c1cccc(-c2ccccc2)c1. The van der Waals surface area contributed by atoms with Crippen molar-refractivity contribution in [3.8, 4) is 22.3 Å². The van der Waals surface area contributed by atoms with Crippen molar-refractivity contribution in [1.82, 2.24) is 0 Å². The molecule has 0 N–H and O–H groups in total. The fourth-order valence-electron chi connectivity index (χ4n) is 3.60. The number of allylic oxidation sites excluding steroid dienone is 2. The van der Waals surface area contributed by atoms with E-state index in [-0.39, 0.29) is 0 Å². The van der Waals surface area contributed by atoms with E-state index in [1.165, 1.54) is 22.3 Å². The van der Waals surface area contributed by atoms with Gasteiger partial charge in [-0.15, -0.1) is 0 Å². The average molecular weight is 400 g/mol. The Bertz CT molecular complexity index is 1230. The van der Waals surface area contributed by atoms with E-state index in [9.17, 15) is 0 Å². The lowest BCUT2D eigenvalue weighted by atomic mass is 9.97. The van der Waals surface area contributed by atoms with E-state index < -0.39 is 0 Å². The van der Waals surface area contributed by atoms with Gasteiger partial charge >= 0.3 is 0 Å². The summed E-state index contributed by atoms with van der Waals surface area (Å²) in [6, 6.07) is 37.8. The Kier molecular flexibility index (Phi) is 6.35. The first-order valence-corrected chi connectivity index (χ1v) is 10.5. The van der Waals surface area contributed by atoms with Crippen LogP contribution in [-0.4, -0.2) is 6.21 Å². The third-order valence-corrected chi connectivity index (χ3v) is 5.19. The Hall–Kier alpha value is -3.97. The molecular formula is C30H25N. The van der Waals surface area contributed by atoms with E-state index in [1.807, 2.05) is 25.3 Å². The Labute approximate surface area is 184 Å². The minimum absolute atomic E-state index is 0.899. The van der Waals surface area contributed by atoms with Gasteiger partial charge in [-0.2, -0.15) is 0 Å². The molecule has 4 aromatic carbocycles. The topological polar surface area (TPSA) is 12.4 Å². The van der Waals surface area contributed by atoms with Crippen LogP contribution in [0.15, 0.2) is 127 Å². The predicted octanol–water partition coefficient (Wildman–Crippen LogP) is 8.17. The highest BCUT2D eigenvalue weighted by molar-refractivity contribution is 5.86. The molecule has 0 unspecified atom stereocenters. The molecule has 0 aromatic heterocycles. The van der Waals surface area contributed by atoms with Crippen molar-refractivity contribution in [2.45, 2.75) is 6.92 Å². The molecule has 0 aliphatic heterocycles. The molecule has 0 atom stereocenters. The van der Waals surface area contributed by atoms with Gasteiger partial charge in [0.2, 0.25) is 0 Å². The summed E-state index contributed by atoms with van der Waals surface area (Å²) >= 11 is 0. The van der Waals surface area contributed by atoms with Crippen LogP contribution in [0.1, 0.15) is 18.1 Å². The van der Waals surface area contributed by atoms with Crippen LogP contribution in [0, 0.1) is 0 Å². The van der Waals surface area contributed by atoms with E-state index in [0.717, 1.165) is 22.4 Å². The van der Waals surface area contributed by atoms with Crippen molar-refractivity contribution >= 4 is 17.5 Å². The smallest absolute Gasteiger partial charge is 0.0704 e. The van der Waals surface area contributed by atoms with Gasteiger partial charge in [-0.3, -0.25) is 4.99 Å². The van der Waals surface area contributed by atoms with Crippen molar-refractivity contribution in [2.75, 3.05) is 0 Å². The maximum atomic E-state index is 4.65. The molecule has 4 aromatic rings. The molecule has 4 rings (SSSR count). The Morgan fingerprint density at radius 2 is 1.10 bits per heavy atom. The zero-order valence-electron chi connectivity index (χ0n) is 17.7. The van der Waals surface area contributed by atoms with E-state index in [1.54, 1.807) is 0 Å². The predicted molar refractivity (Wildman–Crippen MR) is 135 cm³/mol. The first-order chi connectivity index (χ1) is 15.2. The number of nitrogens with zero attached hydrogens (tertiary/aromatic N) is 1. The standard InChI is InChI=1S/C30H25N/c1-3-31-30(29-19-11-18-28(22-29)25-14-8-5-9-15-25)20-23(2)26-16-10-17-27(21-26)24-12-6-4-7-13-24/h3-22H,2H2,1H3. The van der Waals surface area contributed by atoms with Crippen LogP contribution < -0.4 is 0 Å². The lowest BCUT2D eigenvalue weighted by Crippen LogP contribution is -1.87. The second kappa shape index (κ2) is 9.69. The Morgan fingerprint density at radius 3 is 1.65 bits per heavy atom. The van der Waals surface area contributed by atoms with Crippen molar-refractivity contribution in [2.24, 2.45) is 4.99 Å². The molecule has 0 spiro atoms. The van der Waals surface area contributed by atoms with Crippen molar-refractivity contribution in [3.05, 3.63) is 133 Å². The van der Waals surface area contributed by atoms with Crippen molar-refractivity contribution in [1.29, 1.82) is 0 Å². The number of hydrogen-bond donors (Lipinski definition) is 0. The van der Waals surface area contributed by atoms with Crippen LogP contribution in [0.3, 0.4) is 0 Å². The monoisotopic (exact) mass is 399 g/mol. The molecule has 0 saturated carbocycles. The minimum Gasteiger partial charge on any atom is -0.261 e. The summed E-state index contributed by atoms with van der Waals surface area (Å²) in [4.78, 5) is 4.65. The van der Waals surface area contributed by atoms with E-state index in [2.05, 4.69) is 115 Å². The number of hydrogen-bond acceptors (Lipinski definition) is 1. The second-order valence-corrected chi connectivity index (χ2v) is 7.34. The number of rotatable bonds is 6. The van der Waals surface area contributed by atoms with Gasteiger partial charge in [0, 0.05) is 11.8 Å². The average Bonchev–Trinajstić information content (AvgIpc) is 2.85. The van der Waals surface area contributed by atoms with Gasteiger partial charge in [0.25, 0.3) is 0 Å². The summed E-state index contributed by atoms with van der Waals surface area (Å²) in [5.41, 5.74) is 8.73.